The van der Waals surface area contributed by atoms with Crippen LogP contribution in [0.2, 0.25) is 0 Å². The monoisotopic (exact) mass is 330 g/mol. The summed E-state index contributed by atoms with van der Waals surface area (Å²) < 4.78 is 0. The van der Waals surface area contributed by atoms with E-state index in [1.807, 2.05) is 25.1 Å². The van der Waals surface area contributed by atoms with Crippen molar-refractivity contribution in [3.8, 4) is 0 Å². The number of nitrogens with zero attached hydrogens (tertiary/aromatic N) is 1. The summed E-state index contributed by atoms with van der Waals surface area (Å²) in [6.07, 6.45) is 4.12. The van der Waals surface area contributed by atoms with Crippen LogP contribution in [0.25, 0.3) is 0 Å². The average molecular weight is 330 g/mol. The number of hydrogen-bond acceptors (Lipinski definition) is 2. The van der Waals surface area contributed by atoms with Crippen LogP contribution in [-0.4, -0.2) is 35.1 Å². The third-order valence-corrected chi connectivity index (χ3v) is 5.36. The number of carboxylic acids is 1. The normalized spacial score (nSPS) is 25.6. The van der Waals surface area contributed by atoms with Gasteiger partial charge in [-0.3, -0.25) is 4.79 Å². The zero-order chi connectivity index (χ0) is 17.1. The van der Waals surface area contributed by atoms with Crippen molar-refractivity contribution in [2.24, 2.45) is 17.8 Å². The van der Waals surface area contributed by atoms with E-state index >= 15 is 0 Å². The summed E-state index contributed by atoms with van der Waals surface area (Å²) in [6, 6.07) is 9.98. The number of carbonyl (C=O) groups excluding carboxylic acids is 1. The van der Waals surface area contributed by atoms with Crippen LogP contribution in [-0.2, 0) is 4.79 Å². The third kappa shape index (κ3) is 3.71. The van der Waals surface area contributed by atoms with Gasteiger partial charge in [0.05, 0.1) is 12.0 Å². The lowest BCUT2D eigenvalue weighted by molar-refractivity contribution is -0.143. The molecule has 24 heavy (non-hydrogen) atoms. The van der Waals surface area contributed by atoms with Crippen molar-refractivity contribution in [1.29, 1.82) is 0 Å². The second-order valence-electron chi connectivity index (χ2n) is 7.31. The molecule has 5 nitrogen and oxygen atoms in total. The summed E-state index contributed by atoms with van der Waals surface area (Å²) in [7, 11) is 0. The predicted octanol–water partition coefficient (Wildman–Crippen LogP) is 3.28. The van der Waals surface area contributed by atoms with E-state index in [0.29, 0.717) is 25.4 Å². The molecule has 1 saturated heterocycles. The highest BCUT2D eigenvalue weighted by molar-refractivity contribution is 5.77. The highest BCUT2D eigenvalue weighted by Crippen LogP contribution is 2.38. The molecule has 5 heteroatoms. The summed E-state index contributed by atoms with van der Waals surface area (Å²) in [6.45, 7) is 2.94. The van der Waals surface area contributed by atoms with E-state index < -0.39 is 11.9 Å². The molecule has 2 aliphatic rings. The fourth-order valence-corrected chi connectivity index (χ4v) is 3.83. The molecule has 2 fully saturated rings. The largest absolute Gasteiger partial charge is 0.481 e. The van der Waals surface area contributed by atoms with Gasteiger partial charge < -0.3 is 15.3 Å². The molecule has 0 spiro atoms. The van der Waals surface area contributed by atoms with Gasteiger partial charge in [-0.25, -0.2) is 4.79 Å². The number of benzene rings is 1. The fourth-order valence-electron chi connectivity index (χ4n) is 3.83. The van der Waals surface area contributed by atoms with Crippen molar-refractivity contribution in [3.63, 3.8) is 0 Å². The van der Waals surface area contributed by atoms with Crippen LogP contribution in [0.4, 0.5) is 4.79 Å². The Hall–Kier alpha value is -2.04. The van der Waals surface area contributed by atoms with E-state index in [9.17, 15) is 14.7 Å². The van der Waals surface area contributed by atoms with Crippen LogP contribution in [0.1, 0.15) is 44.2 Å². The zero-order valence-electron chi connectivity index (χ0n) is 14.1. The average Bonchev–Trinajstić information content (AvgIpc) is 2.52. The Kier molecular flexibility index (Phi) is 5.07. The number of urea groups is 1. The van der Waals surface area contributed by atoms with Crippen LogP contribution >= 0.6 is 0 Å². The van der Waals surface area contributed by atoms with Gasteiger partial charge in [-0.15, -0.1) is 0 Å². The molecule has 1 saturated carbocycles. The molecular formula is C19H26N2O3. The maximum atomic E-state index is 12.8. The fraction of sp³-hybridized carbons (Fsp3) is 0.579. The first-order valence-electron chi connectivity index (χ1n) is 8.87. The van der Waals surface area contributed by atoms with E-state index in [1.54, 1.807) is 4.90 Å². The molecule has 0 radical (unpaired) electrons. The van der Waals surface area contributed by atoms with Crippen LogP contribution < -0.4 is 5.32 Å². The van der Waals surface area contributed by atoms with Gasteiger partial charge in [-0.05, 0) is 36.7 Å². The quantitative estimate of drug-likeness (QED) is 0.890. The maximum absolute atomic E-state index is 12.8. The lowest BCUT2D eigenvalue weighted by atomic mass is 9.77. The molecule has 0 aromatic heterocycles. The first kappa shape index (κ1) is 16.8. The van der Waals surface area contributed by atoms with Gasteiger partial charge in [0.15, 0.2) is 0 Å². The molecule has 1 aromatic rings. The Labute approximate surface area is 143 Å². The zero-order valence-corrected chi connectivity index (χ0v) is 14.1. The Morgan fingerprint density at radius 3 is 2.50 bits per heavy atom. The van der Waals surface area contributed by atoms with Gasteiger partial charge >= 0.3 is 12.0 Å². The minimum Gasteiger partial charge on any atom is -0.481 e. The second-order valence-corrected chi connectivity index (χ2v) is 7.31. The predicted molar refractivity (Wildman–Crippen MR) is 91.5 cm³/mol. The van der Waals surface area contributed by atoms with E-state index in [2.05, 4.69) is 17.4 Å². The van der Waals surface area contributed by atoms with E-state index in [-0.39, 0.29) is 18.0 Å². The Balaban J connectivity index is 1.70. The van der Waals surface area contributed by atoms with Crippen molar-refractivity contribution in [2.75, 3.05) is 13.1 Å². The molecule has 130 valence electrons. The van der Waals surface area contributed by atoms with Crippen molar-refractivity contribution >= 4 is 12.0 Å². The summed E-state index contributed by atoms with van der Waals surface area (Å²) in [4.78, 5) is 25.8. The number of likely N-dealkylation sites (tertiary alicyclic amines) is 1. The van der Waals surface area contributed by atoms with Crippen molar-refractivity contribution in [3.05, 3.63) is 35.9 Å². The Morgan fingerprint density at radius 2 is 1.92 bits per heavy atom. The van der Waals surface area contributed by atoms with Crippen LogP contribution in [0, 0.1) is 17.8 Å². The molecule has 2 N–H and O–H groups in total. The number of aliphatic carboxylic acids is 1. The van der Waals surface area contributed by atoms with Crippen molar-refractivity contribution < 1.29 is 14.7 Å². The summed E-state index contributed by atoms with van der Waals surface area (Å²) in [5.74, 6) is -0.574. The first-order chi connectivity index (χ1) is 11.5. The molecule has 0 bridgehead atoms. The number of rotatable bonds is 4. The second kappa shape index (κ2) is 7.24. The van der Waals surface area contributed by atoms with Gasteiger partial charge in [0.1, 0.15) is 0 Å². The highest BCUT2D eigenvalue weighted by atomic mass is 16.4. The number of nitrogens with one attached hydrogen (secondary N) is 1. The van der Waals surface area contributed by atoms with E-state index in [4.69, 9.17) is 0 Å². The number of piperidine rings is 1. The SMILES string of the molecule is CC1CC(C(=O)O)CN(C(=O)NC(c2ccccc2)C2CCC2)C1. The molecule has 1 aliphatic carbocycles. The van der Waals surface area contributed by atoms with E-state index in [0.717, 1.165) is 18.4 Å². The van der Waals surface area contributed by atoms with E-state index in [1.165, 1.54) is 6.42 Å². The topological polar surface area (TPSA) is 69.6 Å². The minimum atomic E-state index is -0.807. The molecule has 3 atom stereocenters. The maximum Gasteiger partial charge on any atom is 0.317 e. The molecule has 1 aliphatic heterocycles. The third-order valence-electron chi connectivity index (χ3n) is 5.36. The number of hydrogen-bond donors (Lipinski definition) is 2. The van der Waals surface area contributed by atoms with Crippen molar-refractivity contribution in [2.45, 2.75) is 38.6 Å². The molecular weight excluding hydrogens is 304 g/mol. The lowest BCUT2D eigenvalue weighted by Crippen LogP contribution is -2.51. The number of amides is 2. The standard InChI is InChI=1S/C19H26N2O3/c1-13-10-16(18(22)23)12-21(11-13)19(24)20-17(15-8-5-9-15)14-6-3-2-4-7-14/h2-4,6-7,13,15-17H,5,8-12H2,1H3,(H,20,24)(H,22,23). The van der Waals surface area contributed by atoms with Crippen LogP contribution in [0.3, 0.4) is 0 Å². The van der Waals surface area contributed by atoms with Crippen molar-refractivity contribution in [1.82, 2.24) is 10.2 Å². The first-order valence-corrected chi connectivity index (χ1v) is 8.87. The Bertz CT molecular complexity index is 586. The van der Waals surface area contributed by atoms with Gasteiger partial charge in [0.25, 0.3) is 0 Å². The molecule has 2 amide bonds. The highest BCUT2D eigenvalue weighted by Gasteiger charge is 2.35. The summed E-state index contributed by atoms with van der Waals surface area (Å²) in [5, 5.41) is 12.5. The molecule has 3 unspecified atom stereocenters. The smallest absolute Gasteiger partial charge is 0.317 e. The van der Waals surface area contributed by atoms with Gasteiger partial charge in [-0.2, -0.15) is 0 Å². The van der Waals surface area contributed by atoms with Crippen LogP contribution in [0.15, 0.2) is 30.3 Å². The summed E-state index contributed by atoms with van der Waals surface area (Å²) >= 11 is 0. The number of carbonyl (C=O) groups is 2. The summed E-state index contributed by atoms with van der Waals surface area (Å²) in [5.41, 5.74) is 1.13. The molecule has 1 heterocycles. The lowest BCUT2D eigenvalue weighted by Gasteiger charge is -2.39. The van der Waals surface area contributed by atoms with Crippen LogP contribution in [0.5, 0.6) is 0 Å². The van der Waals surface area contributed by atoms with Gasteiger partial charge in [0, 0.05) is 13.1 Å². The van der Waals surface area contributed by atoms with Gasteiger partial charge in [-0.1, -0.05) is 43.7 Å². The molecule has 1 aromatic carbocycles. The number of carboxylic acid groups (broad SMARTS) is 1. The molecule has 3 rings (SSSR count). The minimum absolute atomic E-state index is 0.0213. The van der Waals surface area contributed by atoms with Gasteiger partial charge in [0.2, 0.25) is 0 Å². The Morgan fingerprint density at radius 1 is 1.21 bits per heavy atom.